The van der Waals surface area contributed by atoms with Crippen LogP contribution < -0.4 is 0 Å². The van der Waals surface area contributed by atoms with E-state index in [2.05, 4.69) is 10.3 Å². The summed E-state index contributed by atoms with van der Waals surface area (Å²) in [6.45, 7) is 0.801. The molecule has 1 aromatic heterocycles. The third-order valence-electron chi connectivity index (χ3n) is 3.86. The van der Waals surface area contributed by atoms with Gasteiger partial charge in [0.25, 0.3) is 0 Å². The maximum absolute atomic E-state index is 12.1. The van der Waals surface area contributed by atoms with Gasteiger partial charge in [0.05, 0.1) is 29.7 Å². The second-order valence-corrected chi connectivity index (χ2v) is 7.61. The number of hydrogen-bond acceptors (Lipinski definition) is 6. The molecule has 21 heavy (non-hydrogen) atoms. The van der Waals surface area contributed by atoms with Crippen LogP contribution in [0.15, 0.2) is 6.20 Å². The third kappa shape index (κ3) is 2.62. The number of amides is 1. The molecule has 0 aromatic carbocycles. The first-order chi connectivity index (χ1) is 9.85. The molecule has 2 aliphatic rings. The van der Waals surface area contributed by atoms with Crippen molar-refractivity contribution in [3.05, 3.63) is 11.9 Å². The molecule has 1 atom stereocenters. The maximum atomic E-state index is 12.1. The molecule has 1 amide bonds. The third-order valence-corrected chi connectivity index (χ3v) is 5.63. The summed E-state index contributed by atoms with van der Waals surface area (Å²) in [5, 5.41) is 16.0. The molecule has 2 fully saturated rings. The first-order valence-electron chi connectivity index (χ1n) is 6.50. The van der Waals surface area contributed by atoms with E-state index in [9.17, 15) is 18.0 Å². The van der Waals surface area contributed by atoms with E-state index in [1.54, 1.807) is 4.90 Å². The van der Waals surface area contributed by atoms with Crippen molar-refractivity contribution in [1.82, 2.24) is 19.9 Å². The lowest BCUT2D eigenvalue weighted by atomic mass is 10.0. The number of carboxylic acid groups (broad SMARTS) is 1. The molecule has 3 heterocycles. The van der Waals surface area contributed by atoms with Crippen LogP contribution in [0.2, 0.25) is 0 Å². The Morgan fingerprint density at radius 1 is 1.33 bits per heavy atom. The Bertz CT molecular complexity index is 691. The summed E-state index contributed by atoms with van der Waals surface area (Å²) in [4.78, 5) is 24.4. The van der Waals surface area contributed by atoms with Crippen molar-refractivity contribution in [2.24, 2.45) is 5.92 Å². The minimum atomic E-state index is -3.07. The van der Waals surface area contributed by atoms with E-state index >= 15 is 0 Å². The molecule has 9 nitrogen and oxygen atoms in total. The highest BCUT2D eigenvalue weighted by Crippen LogP contribution is 2.27. The second kappa shape index (κ2) is 4.79. The zero-order valence-corrected chi connectivity index (χ0v) is 11.9. The molecular weight excluding hydrogens is 300 g/mol. The van der Waals surface area contributed by atoms with Gasteiger partial charge in [-0.3, -0.25) is 4.79 Å². The molecule has 1 unspecified atom stereocenters. The van der Waals surface area contributed by atoms with Gasteiger partial charge in [-0.2, -0.15) is 0 Å². The monoisotopic (exact) mass is 314 g/mol. The minimum absolute atomic E-state index is 0.0700. The molecule has 0 spiro atoms. The van der Waals surface area contributed by atoms with Crippen LogP contribution in [-0.4, -0.2) is 69.9 Å². The average Bonchev–Trinajstić information content (AvgIpc) is 2.94. The van der Waals surface area contributed by atoms with Gasteiger partial charge in [0.1, 0.15) is 0 Å². The Morgan fingerprint density at radius 3 is 2.57 bits per heavy atom. The van der Waals surface area contributed by atoms with Gasteiger partial charge in [-0.15, -0.1) is 5.10 Å². The van der Waals surface area contributed by atoms with Crippen LogP contribution in [0.4, 0.5) is 0 Å². The van der Waals surface area contributed by atoms with Crippen molar-refractivity contribution in [3.63, 3.8) is 0 Å². The molecule has 0 radical (unpaired) electrons. The molecule has 2 aliphatic heterocycles. The number of sulfone groups is 1. The summed E-state index contributed by atoms with van der Waals surface area (Å²) in [6.07, 6.45) is 1.71. The smallest absolute Gasteiger partial charge is 0.358 e. The van der Waals surface area contributed by atoms with Crippen molar-refractivity contribution >= 4 is 21.7 Å². The van der Waals surface area contributed by atoms with E-state index in [4.69, 9.17) is 5.11 Å². The maximum Gasteiger partial charge on any atom is 0.358 e. The summed E-state index contributed by atoms with van der Waals surface area (Å²) in [5.41, 5.74) is -0.137. The molecule has 0 saturated carbocycles. The molecule has 0 bridgehead atoms. The van der Waals surface area contributed by atoms with Crippen molar-refractivity contribution in [3.8, 4) is 0 Å². The van der Waals surface area contributed by atoms with Crippen LogP contribution in [0.25, 0.3) is 0 Å². The number of aromatic nitrogens is 3. The number of rotatable bonds is 3. The molecule has 3 rings (SSSR count). The molecule has 1 N–H and O–H groups in total. The van der Waals surface area contributed by atoms with Gasteiger partial charge in [-0.05, 0) is 6.42 Å². The predicted octanol–water partition coefficient (Wildman–Crippen LogP) is -1.21. The molecule has 1 aromatic rings. The number of nitrogens with zero attached hydrogens (tertiary/aromatic N) is 4. The van der Waals surface area contributed by atoms with E-state index in [-0.39, 0.29) is 29.1 Å². The summed E-state index contributed by atoms with van der Waals surface area (Å²) in [6, 6.07) is -0.104. The van der Waals surface area contributed by atoms with Crippen molar-refractivity contribution in [1.29, 1.82) is 0 Å². The number of carbonyl (C=O) groups is 2. The zero-order chi connectivity index (χ0) is 15.2. The van der Waals surface area contributed by atoms with Gasteiger partial charge in [0.15, 0.2) is 15.5 Å². The van der Waals surface area contributed by atoms with E-state index in [0.29, 0.717) is 19.5 Å². The molecular formula is C11H14N4O5S. The quantitative estimate of drug-likeness (QED) is 0.743. The largest absolute Gasteiger partial charge is 0.476 e. The summed E-state index contributed by atoms with van der Waals surface area (Å²) in [7, 11) is -3.07. The molecule has 10 heteroatoms. The number of carbonyl (C=O) groups excluding carboxylic acids is 1. The van der Waals surface area contributed by atoms with Crippen LogP contribution in [0.5, 0.6) is 0 Å². The second-order valence-electron chi connectivity index (χ2n) is 5.39. The van der Waals surface area contributed by atoms with Gasteiger partial charge >= 0.3 is 5.97 Å². The standard InChI is InChI=1S/C11H14N4O5S/c16-10(7-1-2-21(19,20)6-7)14-3-8(4-14)15-5-9(11(17)18)12-13-15/h5,7-8H,1-4,6H2,(H,17,18). The lowest BCUT2D eigenvalue weighted by molar-refractivity contribution is -0.140. The summed E-state index contributed by atoms with van der Waals surface area (Å²) >= 11 is 0. The highest BCUT2D eigenvalue weighted by atomic mass is 32.2. The molecule has 114 valence electrons. The van der Waals surface area contributed by atoms with Crippen LogP contribution in [0, 0.1) is 5.92 Å². The lowest BCUT2D eigenvalue weighted by Gasteiger charge is -2.40. The number of carboxylic acids is 1. The minimum Gasteiger partial charge on any atom is -0.476 e. The van der Waals surface area contributed by atoms with Crippen LogP contribution in [-0.2, 0) is 14.6 Å². The van der Waals surface area contributed by atoms with Crippen LogP contribution in [0.1, 0.15) is 23.0 Å². The summed E-state index contributed by atoms with van der Waals surface area (Å²) in [5.74, 6) is -1.73. The Labute approximate surface area is 120 Å². The highest BCUT2D eigenvalue weighted by Gasteiger charge is 2.40. The average molecular weight is 314 g/mol. The fourth-order valence-corrected chi connectivity index (χ4v) is 4.34. The van der Waals surface area contributed by atoms with Gasteiger partial charge in [-0.1, -0.05) is 5.21 Å². The van der Waals surface area contributed by atoms with Crippen molar-refractivity contribution in [2.75, 3.05) is 24.6 Å². The van der Waals surface area contributed by atoms with Crippen molar-refractivity contribution in [2.45, 2.75) is 12.5 Å². The first kappa shape index (κ1) is 14.0. The zero-order valence-electron chi connectivity index (χ0n) is 11.0. The Hall–Kier alpha value is -1.97. The van der Waals surface area contributed by atoms with E-state index in [1.165, 1.54) is 10.9 Å². The van der Waals surface area contributed by atoms with E-state index < -0.39 is 21.7 Å². The highest BCUT2D eigenvalue weighted by molar-refractivity contribution is 7.91. The predicted molar refractivity (Wildman–Crippen MR) is 69.4 cm³/mol. The number of aromatic carboxylic acids is 1. The van der Waals surface area contributed by atoms with E-state index in [1.807, 2.05) is 0 Å². The number of likely N-dealkylation sites (tertiary alicyclic amines) is 1. The lowest BCUT2D eigenvalue weighted by Crippen LogP contribution is -2.53. The van der Waals surface area contributed by atoms with Crippen LogP contribution in [0.3, 0.4) is 0 Å². The topological polar surface area (TPSA) is 122 Å². The van der Waals surface area contributed by atoms with Crippen LogP contribution >= 0.6 is 0 Å². The Balaban J connectivity index is 1.58. The SMILES string of the molecule is O=C(O)c1cn(C2CN(C(=O)C3CCS(=O)(=O)C3)C2)nn1. The van der Waals surface area contributed by atoms with E-state index in [0.717, 1.165) is 0 Å². The fourth-order valence-electron chi connectivity index (χ4n) is 2.60. The number of hydrogen-bond donors (Lipinski definition) is 1. The molecule has 0 aliphatic carbocycles. The van der Waals surface area contributed by atoms with Gasteiger partial charge in [0.2, 0.25) is 5.91 Å². The summed E-state index contributed by atoms with van der Waals surface area (Å²) < 4.78 is 24.2. The van der Waals surface area contributed by atoms with Gasteiger partial charge in [0, 0.05) is 13.1 Å². The Morgan fingerprint density at radius 2 is 2.05 bits per heavy atom. The fraction of sp³-hybridized carbons (Fsp3) is 0.636. The first-order valence-corrected chi connectivity index (χ1v) is 8.32. The molecule has 2 saturated heterocycles. The van der Waals surface area contributed by atoms with Crippen molar-refractivity contribution < 1.29 is 23.1 Å². The normalized spacial score (nSPS) is 24.8. The Kier molecular flexibility index (Phi) is 3.19. The van der Waals surface area contributed by atoms with Gasteiger partial charge in [-0.25, -0.2) is 17.9 Å². The van der Waals surface area contributed by atoms with Gasteiger partial charge < -0.3 is 10.0 Å².